The highest BCUT2D eigenvalue weighted by Gasteiger charge is 2.29. The van der Waals surface area contributed by atoms with Crippen LogP contribution in [0.1, 0.15) is 19.3 Å². The van der Waals surface area contributed by atoms with Crippen LogP contribution in [0.2, 0.25) is 0 Å². The molecule has 3 N–H and O–H groups in total. The van der Waals surface area contributed by atoms with Crippen molar-refractivity contribution in [2.45, 2.75) is 31.3 Å². The van der Waals surface area contributed by atoms with E-state index < -0.39 is 0 Å². The highest BCUT2D eigenvalue weighted by atomic mass is 16.5. The second-order valence-electron chi connectivity index (χ2n) is 5.86. The Labute approximate surface area is 111 Å². The Morgan fingerprint density at radius 2 is 2.00 bits per heavy atom. The molecule has 0 aromatic rings. The van der Waals surface area contributed by atoms with E-state index in [2.05, 4.69) is 29.3 Å². The minimum atomic E-state index is 0.424. The molecule has 0 aromatic heterocycles. The van der Waals surface area contributed by atoms with Gasteiger partial charge in [0, 0.05) is 44.9 Å². The normalized spacial score (nSPS) is 30.5. The standard InChI is InChI=1S/C13H28N4O/c1-16-5-6-17(2)12(10-16)9-13(15-14)11-3-7-18-8-4-11/h11-13,15H,3-10,14H2,1-2H3. The number of hydrazine groups is 1. The molecule has 0 radical (unpaired) electrons. The monoisotopic (exact) mass is 256 g/mol. The molecule has 2 rings (SSSR count). The van der Waals surface area contributed by atoms with Crippen molar-refractivity contribution in [3.05, 3.63) is 0 Å². The molecule has 0 saturated carbocycles. The van der Waals surface area contributed by atoms with Gasteiger partial charge >= 0.3 is 0 Å². The van der Waals surface area contributed by atoms with Crippen LogP contribution in [-0.2, 0) is 4.74 Å². The summed E-state index contributed by atoms with van der Waals surface area (Å²) in [6.45, 7) is 5.27. The van der Waals surface area contributed by atoms with Crippen molar-refractivity contribution in [1.82, 2.24) is 15.2 Å². The second kappa shape index (κ2) is 6.82. The van der Waals surface area contributed by atoms with Crippen LogP contribution in [0.3, 0.4) is 0 Å². The highest BCUT2D eigenvalue weighted by molar-refractivity contribution is 4.86. The number of piperazine rings is 1. The highest BCUT2D eigenvalue weighted by Crippen LogP contribution is 2.23. The lowest BCUT2D eigenvalue weighted by molar-refractivity contribution is 0.0406. The number of rotatable bonds is 4. The SMILES string of the molecule is CN1CCN(C)C(CC(NN)C2CCOCC2)C1. The van der Waals surface area contributed by atoms with Crippen molar-refractivity contribution in [2.75, 3.05) is 46.9 Å². The first kappa shape index (κ1) is 14.2. The molecule has 0 aliphatic carbocycles. The molecular weight excluding hydrogens is 228 g/mol. The molecule has 5 heteroatoms. The van der Waals surface area contributed by atoms with Gasteiger partial charge in [-0.25, -0.2) is 0 Å². The van der Waals surface area contributed by atoms with Crippen molar-refractivity contribution in [1.29, 1.82) is 0 Å². The molecular formula is C13H28N4O. The molecule has 5 nitrogen and oxygen atoms in total. The van der Waals surface area contributed by atoms with Gasteiger partial charge in [-0.15, -0.1) is 0 Å². The van der Waals surface area contributed by atoms with Crippen LogP contribution < -0.4 is 11.3 Å². The molecule has 2 saturated heterocycles. The fourth-order valence-corrected chi connectivity index (χ4v) is 3.16. The zero-order valence-electron chi connectivity index (χ0n) is 11.8. The van der Waals surface area contributed by atoms with Gasteiger partial charge in [0.1, 0.15) is 0 Å². The van der Waals surface area contributed by atoms with E-state index in [4.69, 9.17) is 10.6 Å². The van der Waals surface area contributed by atoms with E-state index in [9.17, 15) is 0 Å². The van der Waals surface area contributed by atoms with E-state index in [1.54, 1.807) is 0 Å². The van der Waals surface area contributed by atoms with Gasteiger partial charge in [-0.3, -0.25) is 11.3 Å². The molecule has 0 aromatic carbocycles. The Hall–Kier alpha value is -0.200. The molecule has 2 heterocycles. The summed E-state index contributed by atoms with van der Waals surface area (Å²) in [5.74, 6) is 6.45. The number of nitrogens with two attached hydrogens (primary N) is 1. The summed E-state index contributed by atoms with van der Waals surface area (Å²) in [7, 11) is 4.44. The largest absolute Gasteiger partial charge is 0.381 e. The summed E-state index contributed by atoms with van der Waals surface area (Å²) >= 11 is 0. The zero-order valence-corrected chi connectivity index (χ0v) is 11.8. The summed E-state index contributed by atoms with van der Waals surface area (Å²) in [6.07, 6.45) is 3.42. The van der Waals surface area contributed by atoms with Gasteiger partial charge in [-0.05, 0) is 39.3 Å². The maximum atomic E-state index is 5.78. The molecule has 0 spiro atoms. The number of hydrogen-bond acceptors (Lipinski definition) is 5. The van der Waals surface area contributed by atoms with Crippen LogP contribution in [0.4, 0.5) is 0 Å². The van der Waals surface area contributed by atoms with E-state index in [-0.39, 0.29) is 0 Å². The molecule has 18 heavy (non-hydrogen) atoms. The molecule has 106 valence electrons. The first-order chi connectivity index (χ1) is 8.70. The van der Waals surface area contributed by atoms with Gasteiger partial charge in [0.2, 0.25) is 0 Å². The molecule has 0 amide bonds. The third-order valence-corrected chi connectivity index (χ3v) is 4.56. The Balaban J connectivity index is 1.87. The molecule has 2 aliphatic heterocycles. The second-order valence-corrected chi connectivity index (χ2v) is 5.86. The summed E-state index contributed by atoms with van der Waals surface area (Å²) in [5.41, 5.74) is 3.05. The van der Waals surface area contributed by atoms with Crippen LogP contribution in [0, 0.1) is 5.92 Å². The quantitative estimate of drug-likeness (QED) is 0.542. The number of hydrogen-bond donors (Lipinski definition) is 2. The van der Waals surface area contributed by atoms with Gasteiger partial charge < -0.3 is 14.5 Å². The van der Waals surface area contributed by atoms with Crippen molar-refractivity contribution < 1.29 is 4.74 Å². The van der Waals surface area contributed by atoms with Crippen LogP contribution in [0.15, 0.2) is 0 Å². The van der Waals surface area contributed by atoms with E-state index in [1.807, 2.05) is 0 Å². The third-order valence-electron chi connectivity index (χ3n) is 4.56. The van der Waals surface area contributed by atoms with Crippen LogP contribution in [0.25, 0.3) is 0 Å². The zero-order chi connectivity index (χ0) is 13.0. The van der Waals surface area contributed by atoms with Gasteiger partial charge in [0.05, 0.1) is 0 Å². The third kappa shape index (κ3) is 3.65. The van der Waals surface area contributed by atoms with Crippen molar-refractivity contribution in [3.8, 4) is 0 Å². The molecule has 2 aliphatic rings. The van der Waals surface area contributed by atoms with Gasteiger partial charge in [0.25, 0.3) is 0 Å². The Bertz CT molecular complexity index is 245. The predicted octanol–water partition coefficient (Wildman–Crippen LogP) is -0.119. The van der Waals surface area contributed by atoms with Crippen molar-refractivity contribution in [2.24, 2.45) is 11.8 Å². The van der Waals surface area contributed by atoms with E-state index in [0.717, 1.165) is 45.6 Å². The number of nitrogens with zero attached hydrogens (tertiary/aromatic N) is 2. The molecule has 0 bridgehead atoms. The Kier molecular flexibility index (Phi) is 5.38. The van der Waals surface area contributed by atoms with E-state index in [1.165, 1.54) is 6.54 Å². The number of likely N-dealkylation sites (N-methyl/N-ethyl adjacent to an activating group) is 2. The predicted molar refractivity (Wildman–Crippen MR) is 73.2 cm³/mol. The van der Waals surface area contributed by atoms with E-state index >= 15 is 0 Å². The first-order valence-electron chi connectivity index (χ1n) is 7.13. The van der Waals surface area contributed by atoms with Crippen LogP contribution >= 0.6 is 0 Å². The van der Waals surface area contributed by atoms with Gasteiger partial charge in [-0.2, -0.15) is 0 Å². The summed E-state index contributed by atoms with van der Waals surface area (Å²) in [4.78, 5) is 4.89. The fourth-order valence-electron chi connectivity index (χ4n) is 3.16. The first-order valence-corrected chi connectivity index (χ1v) is 7.13. The summed E-state index contributed by atoms with van der Waals surface area (Å²) < 4.78 is 5.44. The van der Waals surface area contributed by atoms with Gasteiger partial charge in [0.15, 0.2) is 0 Å². The van der Waals surface area contributed by atoms with E-state index in [0.29, 0.717) is 18.0 Å². The summed E-state index contributed by atoms with van der Waals surface area (Å²) in [5, 5.41) is 0. The van der Waals surface area contributed by atoms with Crippen LogP contribution in [-0.4, -0.2) is 68.8 Å². The lowest BCUT2D eigenvalue weighted by Crippen LogP contribution is -2.54. The number of ether oxygens (including phenoxy) is 1. The maximum absolute atomic E-state index is 5.78. The summed E-state index contributed by atoms with van der Waals surface area (Å²) in [6, 6.07) is 1.04. The Morgan fingerprint density at radius 3 is 2.67 bits per heavy atom. The maximum Gasteiger partial charge on any atom is 0.0469 e. The van der Waals surface area contributed by atoms with Crippen molar-refractivity contribution in [3.63, 3.8) is 0 Å². The minimum absolute atomic E-state index is 0.424. The Morgan fingerprint density at radius 1 is 1.28 bits per heavy atom. The topological polar surface area (TPSA) is 53.8 Å². The molecule has 2 unspecified atom stereocenters. The minimum Gasteiger partial charge on any atom is -0.381 e. The lowest BCUT2D eigenvalue weighted by atomic mass is 9.87. The van der Waals surface area contributed by atoms with Crippen LogP contribution in [0.5, 0.6) is 0 Å². The average Bonchev–Trinajstić information content (AvgIpc) is 2.41. The lowest BCUT2D eigenvalue weighted by Gasteiger charge is -2.41. The smallest absolute Gasteiger partial charge is 0.0469 e. The number of nitrogens with one attached hydrogen (secondary N) is 1. The molecule has 2 atom stereocenters. The molecule has 2 fully saturated rings. The van der Waals surface area contributed by atoms with Gasteiger partial charge in [-0.1, -0.05) is 0 Å². The fraction of sp³-hybridized carbons (Fsp3) is 1.00. The average molecular weight is 256 g/mol. The van der Waals surface area contributed by atoms with Crippen molar-refractivity contribution >= 4 is 0 Å².